The Morgan fingerprint density at radius 2 is 0.962 bits per heavy atom. The Morgan fingerprint density at radius 3 is 1.43 bits per heavy atom. The second-order valence-corrected chi connectivity index (χ2v) is 17.5. The lowest BCUT2D eigenvalue weighted by Crippen LogP contribution is -2.37. The minimum atomic E-state index is -4.62. The van der Waals surface area contributed by atoms with Crippen molar-refractivity contribution in [2.75, 3.05) is 47.5 Å². The molecule has 0 saturated heterocycles. The second kappa shape index (κ2) is 36.4. The van der Waals surface area contributed by atoms with Gasteiger partial charge in [-0.15, -0.1) is 0 Å². The highest BCUT2D eigenvalue weighted by molar-refractivity contribution is 7.45. The van der Waals surface area contributed by atoms with Crippen molar-refractivity contribution >= 4 is 19.8 Å². The summed E-state index contributed by atoms with van der Waals surface area (Å²) in [5, 5.41) is 0. The Kier molecular flexibility index (Phi) is 35.5. The smallest absolute Gasteiger partial charge is 0.306 e. The van der Waals surface area contributed by atoms with Crippen molar-refractivity contribution in [1.29, 1.82) is 0 Å². The number of phosphoric acid groups is 1. The SMILES string of the molecule is CCCCC/C=C/CCCCCCCC(=O)O[C@@H](COC(=O)CCCCCCCCCCCCCCCCCCC)COP(=O)([O-])OCC[N+](C)(C)C. The zero-order chi connectivity index (χ0) is 39.3. The number of nitrogens with zero attached hydrogens (tertiary/aromatic N) is 1. The lowest BCUT2D eigenvalue weighted by Gasteiger charge is -2.28. The normalized spacial score (nSPS) is 13.7. The minimum Gasteiger partial charge on any atom is -0.756 e. The van der Waals surface area contributed by atoms with E-state index in [-0.39, 0.29) is 32.0 Å². The van der Waals surface area contributed by atoms with Crippen LogP contribution in [0.1, 0.15) is 200 Å². The molecule has 0 aliphatic rings. The first-order chi connectivity index (χ1) is 25.5. The summed E-state index contributed by atoms with van der Waals surface area (Å²) in [7, 11) is 1.17. The lowest BCUT2D eigenvalue weighted by atomic mass is 10.0. The van der Waals surface area contributed by atoms with Crippen molar-refractivity contribution in [3.05, 3.63) is 12.2 Å². The number of carbonyl (C=O) groups excluding carboxylic acids is 2. The first-order valence-corrected chi connectivity index (χ1v) is 23.4. The summed E-state index contributed by atoms with van der Waals surface area (Å²) in [6.07, 6.45) is 36.6. The third-order valence-electron chi connectivity index (χ3n) is 9.54. The number of allylic oxidation sites excluding steroid dienone is 2. The molecule has 0 heterocycles. The standard InChI is InChI=1S/C43H84NO8P/c1-6-8-10-12-14-16-18-20-21-22-23-24-26-27-29-31-33-35-42(45)49-39-41(40-51-53(47,48)50-38-37-44(3,4)5)52-43(46)36-34-32-30-28-25-19-17-15-13-11-9-7-2/h15,17,41H,6-14,16,18-40H2,1-5H3/b17-15+/t41-/m0/s1. The van der Waals surface area contributed by atoms with Crippen LogP contribution < -0.4 is 4.89 Å². The van der Waals surface area contributed by atoms with Gasteiger partial charge in [-0.1, -0.05) is 161 Å². The van der Waals surface area contributed by atoms with Crippen LogP contribution in [0.2, 0.25) is 0 Å². The number of hydrogen-bond acceptors (Lipinski definition) is 8. The van der Waals surface area contributed by atoms with Crippen LogP contribution in [0.4, 0.5) is 0 Å². The molecule has 1 unspecified atom stereocenters. The highest BCUT2D eigenvalue weighted by Crippen LogP contribution is 2.38. The van der Waals surface area contributed by atoms with Crippen molar-refractivity contribution in [2.24, 2.45) is 0 Å². The molecule has 0 fully saturated rings. The minimum absolute atomic E-state index is 0.0294. The van der Waals surface area contributed by atoms with Crippen LogP contribution in [0.25, 0.3) is 0 Å². The number of likely N-dealkylation sites (N-methyl/N-ethyl adjacent to an activating group) is 1. The zero-order valence-corrected chi connectivity index (χ0v) is 36.1. The molecule has 314 valence electrons. The summed E-state index contributed by atoms with van der Waals surface area (Å²) in [6, 6.07) is 0. The summed E-state index contributed by atoms with van der Waals surface area (Å²) in [5.41, 5.74) is 0. The Morgan fingerprint density at radius 1 is 0.566 bits per heavy atom. The van der Waals surface area contributed by atoms with Gasteiger partial charge in [0.05, 0.1) is 27.7 Å². The Balaban J connectivity index is 4.31. The molecular formula is C43H84NO8P. The summed E-state index contributed by atoms with van der Waals surface area (Å²) in [4.78, 5) is 37.5. The molecule has 0 aliphatic carbocycles. The van der Waals surface area contributed by atoms with E-state index >= 15 is 0 Å². The summed E-state index contributed by atoms with van der Waals surface area (Å²) in [5.74, 6) is -0.836. The molecule has 10 heteroatoms. The molecule has 9 nitrogen and oxygen atoms in total. The molecule has 0 aromatic heterocycles. The first-order valence-electron chi connectivity index (χ1n) is 21.9. The summed E-state index contributed by atoms with van der Waals surface area (Å²) < 4.78 is 33.9. The van der Waals surface area contributed by atoms with E-state index in [0.29, 0.717) is 17.4 Å². The van der Waals surface area contributed by atoms with Crippen LogP contribution in [0.3, 0.4) is 0 Å². The Labute approximate surface area is 326 Å². The van der Waals surface area contributed by atoms with Gasteiger partial charge in [0, 0.05) is 12.8 Å². The highest BCUT2D eigenvalue weighted by atomic mass is 31.2. The van der Waals surface area contributed by atoms with E-state index in [1.165, 1.54) is 109 Å². The first kappa shape index (κ1) is 51.8. The van der Waals surface area contributed by atoms with Gasteiger partial charge in [0.15, 0.2) is 6.10 Å². The second-order valence-electron chi connectivity index (χ2n) is 16.1. The average molecular weight is 774 g/mol. The van der Waals surface area contributed by atoms with E-state index in [4.69, 9.17) is 18.5 Å². The van der Waals surface area contributed by atoms with Crippen molar-refractivity contribution in [1.82, 2.24) is 0 Å². The zero-order valence-electron chi connectivity index (χ0n) is 35.2. The summed E-state index contributed by atoms with van der Waals surface area (Å²) in [6.45, 7) is 4.21. The molecule has 2 atom stereocenters. The third-order valence-corrected chi connectivity index (χ3v) is 10.5. The monoisotopic (exact) mass is 774 g/mol. The molecule has 0 bridgehead atoms. The number of ether oxygens (including phenoxy) is 2. The molecule has 0 spiro atoms. The van der Waals surface area contributed by atoms with Crippen molar-refractivity contribution in [2.45, 2.75) is 206 Å². The van der Waals surface area contributed by atoms with Gasteiger partial charge in [-0.3, -0.25) is 14.2 Å². The fraction of sp³-hybridized carbons (Fsp3) is 0.907. The predicted octanol–water partition coefficient (Wildman–Crippen LogP) is 11.6. The van der Waals surface area contributed by atoms with Crippen molar-refractivity contribution in [3.8, 4) is 0 Å². The van der Waals surface area contributed by atoms with E-state index in [2.05, 4.69) is 26.0 Å². The van der Waals surface area contributed by atoms with Gasteiger partial charge in [0.2, 0.25) is 0 Å². The van der Waals surface area contributed by atoms with E-state index in [9.17, 15) is 19.0 Å². The number of esters is 2. The van der Waals surface area contributed by atoms with E-state index in [0.717, 1.165) is 57.8 Å². The fourth-order valence-electron chi connectivity index (χ4n) is 6.06. The fourth-order valence-corrected chi connectivity index (χ4v) is 6.79. The maximum Gasteiger partial charge on any atom is 0.306 e. The number of quaternary nitrogens is 1. The van der Waals surface area contributed by atoms with Gasteiger partial charge < -0.3 is 27.9 Å². The Bertz CT molecular complexity index is 922. The Hall–Kier alpha value is -1.25. The van der Waals surface area contributed by atoms with Gasteiger partial charge in [0.25, 0.3) is 7.82 Å². The van der Waals surface area contributed by atoms with Gasteiger partial charge in [0.1, 0.15) is 19.8 Å². The molecule has 0 N–H and O–H groups in total. The van der Waals surface area contributed by atoms with Gasteiger partial charge >= 0.3 is 11.9 Å². The number of carbonyl (C=O) groups is 2. The molecule has 0 aromatic carbocycles. The highest BCUT2D eigenvalue weighted by Gasteiger charge is 2.21. The van der Waals surface area contributed by atoms with Gasteiger partial charge in [-0.2, -0.15) is 0 Å². The topological polar surface area (TPSA) is 111 Å². The average Bonchev–Trinajstić information content (AvgIpc) is 3.10. The molecular weight excluding hydrogens is 689 g/mol. The van der Waals surface area contributed by atoms with Crippen LogP contribution in [-0.4, -0.2) is 70.0 Å². The molecule has 53 heavy (non-hydrogen) atoms. The number of hydrogen-bond donors (Lipinski definition) is 0. The van der Waals surface area contributed by atoms with Crippen molar-refractivity contribution < 1.29 is 42.1 Å². The van der Waals surface area contributed by atoms with Crippen LogP contribution in [-0.2, 0) is 32.7 Å². The maximum absolute atomic E-state index is 12.6. The molecule has 0 aliphatic heterocycles. The number of rotatable bonds is 40. The third kappa shape index (κ3) is 40.2. The largest absolute Gasteiger partial charge is 0.756 e. The molecule has 0 aromatic rings. The van der Waals surface area contributed by atoms with Gasteiger partial charge in [-0.25, -0.2) is 0 Å². The van der Waals surface area contributed by atoms with E-state index < -0.39 is 26.5 Å². The van der Waals surface area contributed by atoms with Crippen LogP contribution >= 0.6 is 7.82 Å². The quantitative estimate of drug-likeness (QED) is 0.0199. The molecule has 0 saturated carbocycles. The molecule has 0 rings (SSSR count). The van der Waals surface area contributed by atoms with E-state index in [1.807, 2.05) is 21.1 Å². The number of unbranched alkanes of at least 4 members (excludes halogenated alkanes) is 24. The number of phosphoric ester groups is 1. The van der Waals surface area contributed by atoms with Crippen molar-refractivity contribution in [3.63, 3.8) is 0 Å². The molecule has 0 radical (unpaired) electrons. The van der Waals surface area contributed by atoms with Crippen LogP contribution in [0.5, 0.6) is 0 Å². The van der Waals surface area contributed by atoms with Gasteiger partial charge in [-0.05, 0) is 38.5 Å². The predicted molar refractivity (Wildman–Crippen MR) is 218 cm³/mol. The van der Waals surface area contributed by atoms with Crippen LogP contribution in [0.15, 0.2) is 12.2 Å². The molecule has 0 amide bonds. The lowest BCUT2D eigenvalue weighted by molar-refractivity contribution is -0.870. The maximum atomic E-state index is 12.6. The van der Waals surface area contributed by atoms with Crippen LogP contribution in [0, 0.1) is 0 Å². The van der Waals surface area contributed by atoms with E-state index in [1.54, 1.807) is 0 Å². The summed E-state index contributed by atoms with van der Waals surface area (Å²) >= 11 is 0.